The molecule has 1 fully saturated rings. The molecule has 0 aliphatic carbocycles. The van der Waals surface area contributed by atoms with Gasteiger partial charge >= 0.3 is 6.18 Å². The van der Waals surface area contributed by atoms with Crippen LogP contribution < -0.4 is 10.1 Å². The van der Waals surface area contributed by atoms with E-state index in [-0.39, 0.29) is 36.6 Å². The fraction of sp³-hybridized carbons (Fsp3) is 0.417. The van der Waals surface area contributed by atoms with Crippen LogP contribution in [0.1, 0.15) is 30.4 Å². The molecule has 0 bridgehead atoms. The van der Waals surface area contributed by atoms with Crippen LogP contribution in [0.25, 0.3) is 0 Å². The monoisotopic (exact) mass is 448 g/mol. The lowest BCUT2D eigenvalue weighted by atomic mass is 9.95. The Kier molecular flexibility index (Phi) is 8.14. The van der Waals surface area contributed by atoms with Crippen molar-refractivity contribution < 1.29 is 27.5 Å². The first-order valence-corrected chi connectivity index (χ1v) is 10.7. The first-order valence-electron chi connectivity index (χ1n) is 10.7. The maximum atomic E-state index is 12.7. The van der Waals surface area contributed by atoms with E-state index in [1.807, 2.05) is 35.2 Å². The summed E-state index contributed by atoms with van der Waals surface area (Å²) in [7, 11) is 0. The number of carbonyl (C=O) groups is 2. The fourth-order valence-corrected chi connectivity index (χ4v) is 3.69. The summed E-state index contributed by atoms with van der Waals surface area (Å²) in [5.41, 5.74) is 0.353. The number of benzene rings is 2. The van der Waals surface area contributed by atoms with Gasteiger partial charge in [0, 0.05) is 25.4 Å². The molecule has 172 valence electrons. The molecule has 1 aliphatic rings. The number of aryl methyl sites for hydroxylation is 1. The van der Waals surface area contributed by atoms with E-state index in [4.69, 9.17) is 4.74 Å². The summed E-state index contributed by atoms with van der Waals surface area (Å²) >= 11 is 0. The number of likely N-dealkylation sites (tertiary alicyclic amines) is 1. The molecule has 1 saturated heterocycles. The Morgan fingerprint density at radius 3 is 2.44 bits per heavy atom. The first kappa shape index (κ1) is 23.6. The van der Waals surface area contributed by atoms with E-state index in [2.05, 4.69) is 5.32 Å². The van der Waals surface area contributed by atoms with E-state index >= 15 is 0 Å². The Labute approximate surface area is 185 Å². The highest BCUT2D eigenvalue weighted by Gasteiger charge is 2.30. The molecule has 0 aromatic heterocycles. The van der Waals surface area contributed by atoms with Gasteiger partial charge in [0.1, 0.15) is 12.4 Å². The van der Waals surface area contributed by atoms with Gasteiger partial charge in [-0.05, 0) is 43.0 Å². The number of ether oxygens (including phenoxy) is 1. The Morgan fingerprint density at radius 1 is 1.03 bits per heavy atom. The van der Waals surface area contributed by atoms with Gasteiger partial charge in [0.15, 0.2) is 0 Å². The molecule has 1 aliphatic heterocycles. The topological polar surface area (TPSA) is 58.6 Å². The lowest BCUT2D eigenvalue weighted by molar-refractivity contribution is -0.137. The second kappa shape index (κ2) is 11.0. The van der Waals surface area contributed by atoms with Crippen LogP contribution in [-0.4, -0.2) is 43.0 Å². The Morgan fingerprint density at radius 2 is 1.75 bits per heavy atom. The number of alkyl halides is 3. The average Bonchev–Trinajstić information content (AvgIpc) is 2.80. The van der Waals surface area contributed by atoms with Crippen LogP contribution in [0.4, 0.5) is 13.2 Å². The van der Waals surface area contributed by atoms with Gasteiger partial charge in [-0.1, -0.05) is 36.4 Å². The van der Waals surface area contributed by atoms with E-state index in [0.717, 1.165) is 17.7 Å². The normalized spacial score (nSPS) is 14.8. The molecule has 1 N–H and O–H groups in total. The van der Waals surface area contributed by atoms with Crippen LogP contribution in [-0.2, 0) is 22.2 Å². The van der Waals surface area contributed by atoms with Gasteiger partial charge in [0.05, 0.1) is 12.1 Å². The van der Waals surface area contributed by atoms with Crippen LogP contribution >= 0.6 is 0 Å². The summed E-state index contributed by atoms with van der Waals surface area (Å²) in [6.07, 6.45) is -2.08. The van der Waals surface area contributed by atoms with Crippen LogP contribution in [0, 0.1) is 5.92 Å². The number of halogens is 3. The summed E-state index contributed by atoms with van der Waals surface area (Å²) < 4.78 is 43.5. The van der Waals surface area contributed by atoms with Crippen molar-refractivity contribution in [2.24, 2.45) is 5.92 Å². The molecule has 2 aromatic rings. The molecule has 5 nitrogen and oxygen atoms in total. The van der Waals surface area contributed by atoms with E-state index in [1.54, 1.807) is 0 Å². The van der Waals surface area contributed by atoms with Gasteiger partial charge in [-0.25, -0.2) is 0 Å². The zero-order valence-electron chi connectivity index (χ0n) is 17.7. The van der Waals surface area contributed by atoms with Crippen LogP contribution in [0.15, 0.2) is 54.6 Å². The van der Waals surface area contributed by atoms with Crippen molar-refractivity contribution in [1.82, 2.24) is 10.2 Å². The smallest absolute Gasteiger partial charge is 0.416 e. The van der Waals surface area contributed by atoms with Gasteiger partial charge in [-0.3, -0.25) is 9.59 Å². The Bertz CT molecular complexity index is 895. The van der Waals surface area contributed by atoms with Crippen molar-refractivity contribution in [2.45, 2.75) is 31.9 Å². The molecule has 2 amide bonds. The standard InChI is InChI=1S/C24H27F3N2O3/c25-24(26,27)20-7-4-8-21(17-20)32-16-13-28-23(31)19-11-14-29(15-12-19)22(30)10-9-18-5-2-1-3-6-18/h1-8,17,19H,9-16H2,(H,28,31). The molecule has 0 radical (unpaired) electrons. The van der Waals surface area contributed by atoms with Crippen LogP contribution in [0.5, 0.6) is 5.75 Å². The van der Waals surface area contributed by atoms with Gasteiger partial charge < -0.3 is 15.0 Å². The van der Waals surface area contributed by atoms with Crippen molar-refractivity contribution in [2.75, 3.05) is 26.2 Å². The third kappa shape index (κ3) is 7.00. The quantitative estimate of drug-likeness (QED) is 0.620. The Hall–Kier alpha value is -3.03. The van der Waals surface area contributed by atoms with Gasteiger partial charge in [0.2, 0.25) is 11.8 Å². The van der Waals surface area contributed by atoms with Gasteiger partial charge in [-0.2, -0.15) is 13.2 Å². The number of nitrogens with one attached hydrogen (secondary N) is 1. The highest BCUT2D eigenvalue weighted by Crippen LogP contribution is 2.31. The van der Waals surface area contributed by atoms with Crippen LogP contribution in [0.2, 0.25) is 0 Å². The minimum absolute atomic E-state index is 0.0733. The molecule has 8 heteroatoms. The SMILES string of the molecule is O=C(NCCOc1cccc(C(F)(F)F)c1)C1CCN(C(=O)CCc2ccccc2)CC1. The zero-order chi connectivity index (χ0) is 23.0. The molecule has 3 rings (SSSR count). The Balaban J connectivity index is 1.33. The molecular formula is C24H27F3N2O3. The summed E-state index contributed by atoms with van der Waals surface area (Å²) in [4.78, 5) is 26.6. The van der Waals surface area contributed by atoms with E-state index in [9.17, 15) is 22.8 Å². The summed E-state index contributed by atoms with van der Waals surface area (Å²) in [6.45, 7) is 1.37. The van der Waals surface area contributed by atoms with Crippen molar-refractivity contribution in [3.63, 3.8) is 0 Å². The number of rotatable bonds is 8. The molecule has 0 saturated carbocycles. The maximum absolute atomic E-state index is 12.7. The molecular weight excluding hydrogens is 421 g/mol. The largest absolute Gasteiger partial charge is 0.492 e. The summed E-state index contributed by atoms with van der Waals surface area (Å²) in [5, 5.41) is 2.77. The third-order valence-electron chi connectivity index (χ3n) is 5.52. The third-order valence-corrected chi connectivity index (χ3v) is 5.52. The number of hydrogen-bond acceptors (Lipinski definition) is 3. The molecule has 0 atom stereocenters. The zero-order valence-corrected chi connectivity index (χ0v) is 17.7. The van der Waals surface area contributed by atoms with Crippen molar-refractivity contribution in [1.29, 1.82) is 0 Å². The van der Waals surface area contributed by atoms with Crippen molar-refractivity contribution in [3.05, 3.63) is 65.7 Å². The highest BCUT2D eigenvalue weighted by atomic mass is 19.4. The summed E-state index contributed by atoms with van der Waals surface area (Å²) in [5.74, 6) is -0.0886. The second-order valence-electron chi connectivity index (χ2n) is 7.81. The van der Waals surface area contributed by atoms with Gasteiger partial charge in [-0.15, -0.1) is 0 Å². The predicted octanol–water partition coefficient (Wildman–Crippen LogP) is 4.07. The molecule has 0 spiro atoms. The fourth-order valence-electron chi connectivity index (χ4n) is 3.69. The number of hydrogen-bond donors (Lipinski definition) is 1. The lowest BCUT2D eigenvalue weighted by Crippen LogP contribution is -2.43. The number of carbonyl (C=O) groups excluding carboxylic acids is 2. The highest BCUT2D eigenvalue weighted by molar-refractivity contribution is 5.80. The number of piperidine rings is 1. The van der Waals surface area contributed by atoms with Crippen molar-refractivity contribution in [3.8, 4) is 5.75 Å². The maximum Gasteiger partial charge on any atom is 0.416 e. The first-order chi connectivity index (χ1) is 15.3. The van der Waals surface area contributed by atoms with E-state index in [0.29, 0.717) is 38.8 Å². The molecule has 32 heavy (non-hydrogen) atoms. The van der Waals surface area contributed by atoms with E-state index in [1.165, 1.54) is 12.1 Å². The number of nitrogens with zero attached hydrogens (tertiary/aromatic N) is 1. The average molecular weight is 448 g/mol. The lowest BCUT2D eigenvalue weighted by Gasteiger charge is -2.31. The minimum atomic E-state index is -4.43. The van der Waals surface area contributed by atoms with Crippen LogP contribution in [0.3, 0.4) is 0 Å². The van der Waals surface area contributed by atoms with Crippen molar-refractivity contribution >= 4 is 11.8 Å². The van der Waals surface area contributed by atoms with E-state index < -0.39 is 11.7 Å². The number of amides is 2. The summed E-state index contributed by atoms with van der Waals surface area (Å²) in [6, 6.07) is 14.5. The molecule has 1 heterocycles. The minimum Gasteiger partial charge on any atom is -0.492 e. The molecule has 0 unspecified atom stereocenters. The predicted molar refractivity (Wildman–Crippen MR) is 114 cm³/mol. The molecule has 2 aromatic carbocycles. The van der Waals surface area contributed by atoms with Gasteiger partial charge in [0.25, 0.3) is 0 Å². The second-order valence-corrected chi connectivity index (χ2v) is 7.81.